The molecule has 0 aromatic heterocycles. The van der Waals surface area contributed by atoms with Crippen LogP contribution in [-0.4, -0.2) is 24.2 Å². The summed E-state index contributed by atoms with van der Waals surface area (Å²) >= 11 is 7.82. The third-order valence-corrected chi connectivity index (χ3v) is 7.47. The number of benzene rings is 1. The quantitative estimate of drug-likeness (QED) is 0.373. The minimum atomic E-state index is -0.647. The highest BCUT2D eigenvalue weighted by atomic mass is 79.9. The first-order valence-electron chi connectivity index (χ1n) is 8.32. The van der Waals surface area contributed by atoms with Crippen LogP contribution in [0.3, 0.4) is 0 Å². The molecule has 0 atom stereocenters. The van der Waals surface area contributed by atoms with Gasteiger partial charge in [-0.1, -0.05) is 31.9 Å². The molecule has 4 aliphatic carbocycles. The molecule has 0 spiro atoms. The van der Waals surface area contributed by atoms with Crippen LogP contribution in [0.15, 0.2) is 23.3 Å². The van der Waals surface area contributed by atoms with Crippen LogP contribution in [0, 0.1) is 32.1 Å². The standard InChI is InChI=1S/C16H16Br2N4O4/c17-15-4-9-5-16(18,8-15)7-10(6-15)14(9)20-19-12-2-1-11(21(23)24)3-13(12)22(25)26/h1-3,9-10,19H,4-8H2. The van der Waals surface area contributed by atoms with Gasteiger partial charge in [-0.2, -0.15) is 5.10 Å². The van der Waals surface area contributed by atoms with E-state index < -0.39 is 9.85 Å². The number of rotatable bonds is 4. The molecule has 1 aromatic carbocycles. The molecule has 0 amide bonds. The molecular weight excluding hydrogens is 472 g/mol. The number of hydrogen-bond donors (Lipinski definition) is 1. The summed E-state index contributed by atoms with van der Waals surface area (Å²) in [5, 5.41) is 26.6. The van der Waals surface area contributed by atoms with Gasteiger partial charge >= 0.3 is 5.69 Å². The Hall–Kier alpha value is -1.55. The zero-order chi connectivity index (χ0) is 18.7. The van der Waals surface area contributed by atoms with Crippen molar-refractivity contribution in [3.05, 3.63) is 38.4 Å². The van der Waals surface area contributed by atoms with Gasteiger partial charge in [0.15, 0.2) is 0 Å². The first kappa shape index (κ1) is 17.8. The first-order chi connectivity index (χ1) is 12.2. The molecule has 0 radical (unpaired) electrons. The van der Waals surface area contributed by atoms with Gasteiger partial charge in [0, 0.05) is 32.3 Å². The Bertz CT molecular complexity index is 806. The van der Waals surface area contributed by atoms with Crippen LogP contribution in [0.5, 0.6) is 0 Å². The van der Waals surface area contributed by atoms with Crippen molar-refractivity contribution >= 4 is 54.6 Å². The lowest BCUT2D eigenvalue weighted by Crippen LogP contribution is -2.58. The van der Waals surface area contributed by atoms with E-state index in [1.807, 2.05) is 0 Å². The van der Waals surface area contributed by atoms with E-state index in [0.717, 1.165) is 43.9 Å². The number of nitrogens with zero attached hydrogens (tertiary/aromatic N) is 3. The number of hydrazone groups is 1. The Labute approximate surface area is 166 Å². The van der Waals surface area contributed by atoms with Crippen LogP contribution in [0.25, 0.3) is 0 Å². The Kier molecular flexibility index (Phi) is 4.11. The van der Waals surface area contributed by atoms with Crippen LogP contribution in [0.1, 0.15) is 32.1 Å². The largest absolute Gasteiger partial charge is 0.301 e. The van der Waals surface area contributed by atoms with Gasteiger partial charge in [0.25, 0.3) is 5.69 Å². The van der Waals surface area contributed by atoms with E-state index in [1.54, 1.807) is 0 Å². The van der Waals surface area contributed by atoms with Gasteiger partial charge in [0.2, 0.25) is 0 Å². The van der Waals surface area contributed by atoms with Gasteiger partial charge in [-0.3, -0.25) is 25.7 Å². The minimum Gasteiger partial charge on any atom is -0.272 e. The monoisotopic (exact) mass is 486 g/mol. The van der Waals surface area contributed by atoms with Crippen LogP contribution in [0.2, 0.25) is 0 Å². The van der Waals surface area contributed by atoms with Crippen molar-refractivity contribution in [3.63, 3.8) is 0 Å². The Morgan fingerprint density at radius 3 is 2.12 bits per heavy atom. The molecule has 4 aliphatic rings. The van der Waals surface area contributed by atoms with Crippen molar-refractivity contribution < 1.29 is 9.85 Å². The first-order valence-corrected chi connectivity index (χ1v) is 9.91. The van der Waals surface area contributed by atoms with Gasteiger partial charge in [-0.05, 0) is 38.2 Å². The fraction of sp³-hybridized carbons (Fsp3) is 0.562. The third-order valence-electron chi connectivity index (χ3n) is 5.61. The van der Waals surface area contributed by atoms with Crippen LogP contribution < -0.4 is 5.43 Å². The lowest BCUT2D eigenvalue weighted by Gasteiger charge is -2.58. The van der Waals surface area contributed by atoms with Crippen LogP contribution in [0.4, 0.5) is 17.1 Å². The summed E-state index contributed by atoms with van der Waals surface area (Å²) in [7, 11) is 0. The van der Waals surface area contributed by atoms with Gasteiger partial charge < -0.3 is 0 Å². The fourth-order valence-corrected chi connectivity index (χ4v) is 7.88. The topological polar surface area (TPSA) is 111 Å². The van der Waals surface area contributed by atoms with E-state index >= 15 is 0 Å². The molecule has 10 heteroatoms. The summed E-state index contributed by atoms with van der Waals surface area (Å²) < 4.78 is 0.307. The maximum absolute atomic E-state index is 11.3. The number of halogens is 2. The lowest BCUT2D eigenvalue weighted by molar-refractivity contribution is -0.393. The number of anilines is 1. The Morgan fingerprint density at radius 2 is 1.62 bits per heavy atom. The van der Waals surface area contributed by atoms with Gasteiger partial charge in [0.1, 0.15) is 5.69 Å². The maximum atomic E-state index is 11.3. The molecule has 0 aliphatic heterocycles. The molecule has 26 heavy (non-hydrogen) atoms. The molecule has 0 heterocycles. The summed E-state index contributed by atoms with van der Waals surface area (Å²) in [6.07, 6.45) is 5.17. The molecule has 8 nitrogen and oxygen atoms in total. The smallest absolute Gasteiger partial charge is 0.272 e. The molecule has 1 N–H and O–H groups in total. The zero-order valence-electron chi connectivity index (χ0n) is 13.7. The molecule has 1 aromatic rings. The SMILES string of the molecule is O=[N+]([O-])c1ccc(NN=C2C3CC4(Br)CC2CC(Br)(C3)C4)c([N+](=O)[O-])c1. The van der Waals surface area contributed by atoms with Crippen molar-refractivity contribution in [1.29, 1.82) is 0 Å². The predicted molar refractivity (Wildman–Crippen MR) is 104 cm³/mol. The summed E-state index contributed by atoms with van der Waals surface area (Å²) in [5.41, 5.74) is 3.38. The summed E-state index contributed by atoms with van der Waals surface area (Å²) in [6, 6.07) is 3.54. The van der Waals surface area contributed by atoms with Gasteiger partial charge in [0.05, 0.1) is 15.9 Å². The van der Waals surface area contributed by atoms with E-state index in [1.165, 1.54) is 12.1 Å². The van der Waals surface area contributed by atoms with E-state index in [4.69, 9.17) is 0 Å². The second-order valence-corrected chi connectivity index (χ2v) is 10.9. The number of alkyl halides is 2. The molecular formula is C16H16Br2N4O4. The molecule has 0 unspecified atom stereocenters. The summed E-state index contributed by atoms with van der Waals surface area (Å²) in [5.74, 6) is 0.666. The highest BCUT2D eigenvalue weighted by molar-refractivity contribution is 9.10. The maximum Gasteiger partial charge on any atom is 0.301 e. The van der Waals surface area contributed by atoms with Crippen molar-refractivity contribution in [2.75, 3.05) is 5.43 Å². The van der Waals surface area contributed by atoms with Crippen molar-refractivity contribution in [2.24, 2.45) is 16.9 Å². The number of non-ortho nitro benzene ring substituents is 1. The second-order valence-electron chi connectivity index (χ2n) is 7.55. The van der Waals surface area contributed by atoms with Crippen molar-refractivity contribution in [1.82, 2.24) is 0 Å². The van der Waals surface area contributed by atoms with Crippen molar-refractivity contribution in [2.45, 2.75) is 40.8 Å². The predicted octanol–water partition coefficient (Wildman–Crippen LogP) is 4.76. The molecule has 138 valence electrons. The highest BCUT2D eigenvalue weighted by Crippen LogP contribution is 2.62. The molecule has 5 rings (SSSR count). The Morgan fingerprint density at radius 1 is 1.04 bits per heavy atom. The Balaban J connectivity index is 1.61. The van der Waals surface area contributed by atoms with Crippen LogP contribution >= 0.6 is 31.9 Å². The summed E-state index contributed by atoms with van der Waals surface area (Å²) in [6.45, 7) is 0. The molecule has 0 saturated heterocycles. The zero-order valence-corrected chi connectivity index (χ0v) is 16.8. The molecule has 4 bridgehead atoms. The number of nitro groups is 2. The van der Waals surface area contributed by atoms with E-state index in [-0.39, 0.29) is 25.7 Å². The average Bonchev–Trinajstić information content (AvgIpc) is 2.51. The number of hydrogen-bond acceptors (Lipinski definition) is 6. The fourth-order valence-electron chi connectivity index (χ4n) is 4.87. The normalized spacial score (nSPS) is 34.6. The van der Waals surface area contributed by atoms with Crippen LogP contribution in [-0.2, 0) is 0 Å². The minimum absolute atomic E-state index is 0.153. The molecule has 4 fully saturated rings. The molecule has 4 saturated carbocycles. The second kappa shape index (κ2) is 5.98. The van der Waals surface area contributed by atoms with E-state index in [2.05, 4.69) is 42.4 Å². The lowest BCUT2D eigenvalue weighted by atomic mass is 9.55. The highest BCUT2D eigenvalue weighted by Gasteiger charge is 2.58. The average molecular weight is 488 g/mol. The van der Waals surface area contributed by atoms with E-state index in [9.17, 15) is 20.2 Å². The van der Waals surface area contributed by atoms with Gasteiger partial charge in [-0.25, -0.2) is 0 Å². The summed E-state index contributed by atoms with van der Waals surface area (Å²) in [4.78, 5) is 20.8. The number of nitrogens with one attached hydrogen (secondary N) is 1. The number of nitro benzene ring substituents is 2. The third kappa shape index (κ3) is 3.02. The van der Waals surface area contributed by atoms with Crippen molar-refractivity contribution in [3.8, 4) is 0 Å². The van der Waals surface area contributed by atoms with E-state index in [0.29, 0.717) is 11.8 Å². The van der Waals surface area contributed by atoms with Gasteiger partial charge in [-0.15, -0.1) is 0 Å².